The lowest BCUT2D eigenvalue weighted by Crippen LogP contribution is -2.47. The first-order chi connectivity index (χ1) is 21.2. The minimum Gasteiger partial charge on any atom is -0.494 e. The summed E-state index contributed by atoms with van der Waals surface area (Å²) >= 11 is 0. The van der Waals surface area contributed by atoms with Gasteiger partial charge >= 0.3 is 19.1 Å². The lowest BCUT2D eigenvalue weighted by atomic mass is 9.78. The smallest absolute Gasteiger partial charge is 0.494 e. The maximum absolute atomic E-state index is 12.1. The molecular weight excluding hydrogens is 589 g/mol. The van der Waals surface area contributed by atoms with Crippen molar-refractivity contribution in [2.45, 2.75) is 52.4 Å². The van der Waals surface area contributed by atoms with Crippen molar-refractivity contribution in [3.8, 4) is 22.6 Å². The van der Waals surface area contributed by atoms with Gasteiger partial charge in [-0.2, -0.15) is 0 Å². The molecule has 4 rings (SSSR count). The molecule has 0 unspecified atom stereocenters. The molecule has 1 saturated heterocycles. The number of carbonyl (C=O) groups excluding carboxylic acids is 2. The average molecular weight is 636 g/mol. The molecule has 10 heteroatoms. The molecular formula is C35H46BNO7S. The molecule has 45 heavy (non-hydrogen) atoms. The molecule has 0 bridgehead atoms. The van der Waals surface area contributed by atoms with Crippen LogP contribution in [0.3, 0.4) is 0 Å². The lowest BCUT2D eigenvalue weighted by Gasteiger charge is -2.43. The largest absolute Gasteiger partial charge is 0.636 e. The van der Waals surface area contributed by atoms with E-state index in [4.69, 9.17) is 23.0 Å². The number of nitrogens with zero attached hydrogens (tertiary/aromatic N) is 1. The highest BCUT2D eigenvalue weighted by molar-refractivity contribution is 8.29. The minimum absolute atomic E-state index is 0.0239. The first kappa shape index (κ1) is 34.4. The van der Waals surface area contributed by atoms with Gasteiger partial charge in [-0.3, -0.25) is 14.5 Å². The van der Waals surface area contributed by atoms with Crippen molar-refractivity contribution >= 4 is 34.8 Å². The van der Waals surface area contributed by atoms with Gasteiger partial charge in [-0.15, -0.1) is 10.3 Å². The Morgan fingerprint density at radius 2 is 1.47 bits per heavy atom. The molecule has 1 heterocycles. The van der Waals surface area contributed by atoms with E-state index < -0.39 is 29.4 Å². The van der Waals surface area contributed by atoms with Crippen LogP contribution in [0.1, 0.15) is 43.9 Å². The van der Waals surface area contributed by atoms with E-state index in [9.17, 15) is 9.59 Å². The van der Waals surface area contributed by atoms with E-state index >= 15 is 0 Å². The normalized spacial score (nSPS) is 15.2. The van der Waals surface area contributed by atoms with Crippen LogP contribution in [0.5, 0.6) is 11.5 Å². The summed E-state index contributed by atoms with van der Waals surface area (Å²) in [6.07, 6.45) is 5.28. The molecule has 0 spiro atoms. The highest BCUT2D eigenvalue weighted by Crippen LogP contribution is 2.53. The van der Waals surface area contributed by atoms with Gasteiger partial charge < -0.3 is 23.0 Å². The van der Waals surface area contributed by atoms with Gasteiger partial charge in [0.2, 0.25) is 0 Å². The third kappa shape index (κ3) is 9.52. The van der Waals surface area contributed by atoms with Crippen LogP contribution in [0.4, 0.5) is 0 Å². The number of carbonyl (C=O) groups is 2. The second-order valence-corrected chi connectivity index (χ2v) is 16.8. The Morgan fingerprint density at radius 1 is 0.844 bits per heavy atom. The molecule has 1 aliphatic heterocycles. The molecule has 3 aromatic rings. The van der Waals surface area contributed by atoms with E-state index in [1.54, 1.807) is 36.2 Å². The van der Waals surface area contributed by atoms with E-state index in [1.807, 2.05) is 12.1 Å². The Balaban J connectivity index is 1.33. The molecule has 0 N–H and O–H groups in total. The molecule has 3 aromatic carbocycles. The predicted octanol–water partition coefficient (Wildman–Crippen LogP) is 5.84. The fraction of sp³-hybridized carbons (Fsp3) is 0.429. The van der Waals surface area contributed by atoms with E-state index in [2.05, 4.69) is 71.4 Å². The van der Waals surface area contributed by atoms with Crippen LogP contribution < -0.4 is 14.9 Å². The molecule has 0 atom stereocenters. The Labute approximate surface area is 270 Å². The quantitative estimate of drug-likeness (QED) is 0.192. The summed E-state index contributed by atoms with van der Waals surface area (Å²) < 4.78 is 29.2. The van der Waals surface area contributed by atoms with Gasteiger partial charge in [0.25, 0.3) is 0 Å². The number of benzene rings is 3. The summed E-state index contributed by atoms with van der Waals surface area (Å²) in [5, 5.41) is 0. The number of rotatable bonds is 11. The minimum atomic E-state index is -1.12. The molecule has 0 radical (unpaired) electrons. The molecule has 1 fully saturated rings. The number of ether oxygens (including phenoxy) is 2. The molecule has 0 amide bonds. The van der Waals surface area contributed by atoms with Gasteiger partial charge in [-0.05, 0) is 91.6 Å². The first-order valence-electron chi connectivity index (χ1n) is 15.2. The molecule has 242 valence electrons. The fourth-order valence-electron chi connectivity index (χ4n) is 4.83. The molecule has 0 aliphatic carbocycles. The van der Waals surface area contributed by atoms with Crippen molar-refractivity contribution in [3.05, 3.63) is 77.4 Å². The van der Waals surface area contributed by atoms with Gasteiger partial charge in [0, 0.05) is 16.6 Å². The van der Waals surface area contributed by atoms with Crippen molar-refractivity contribution in [2.24, 2.45) is 0 Å². The topological polar surface area (TPSA) is 83.5 Å². The highest BCUT2D eigenvalue weighted by Gasteiger charge is 2.33. The van der Waals surface area contributed by atoms with Gasteiger partial charge in [0.1, 0.15) is 18.1 Å². The van der Waals surface area contributed by atoms with Crippen molar-refractivity contribution in [3.63, 3.8) is 0 Å². The fourth-order valence-corrected chi connectivity index (χ4v) is 5.72. The van der Waals surface area contributed by atoms with Crippen molar-refractivity contribution in [1.82, 2.24) is 4.90 Å². The third-order valence-corrected chi connectivity index (χ3v) is 11.7. The van der Waals surface area contributed by atoms with Crippen LogP contribution >= 0.6 is 10.3 Å². The molecule has 0 aromatic heterocycles. The SMILES string of the molecule is Cc1cc(OCCCOS(C)(C)C(C)(C)C)cc(C)c1-c1cccc(COc2ccc(B3OC(=O)CN(C)CC(=O)O3)cc2)c1. The van der Waals surface area contributed by atoms with Crippen molar-refractivity contribution in [1.29, 1.82) is 0 Å². The average Bonchev–Trinajstić information content (AvgIpc) is 2.94. The maximum atomic E-state index is 12.1. The lowest BCUT2D eigenvalue weighted by molar-refractivity contribution is -0.145. The highest BCUT2D eigenvalue weighted by atomic mass is 32.3. The zero-order valence-electron chi connectivity index (χ0n) is 27.8. The maximum Gasteiger partial charge on any atom is 0.636 e. The van der Waals surface area contributed by atoms with Gasteiger partial charge in [-0.1, -0.05) is 51.1 Å². The van der Waals surface area contributed by atoms with Crippen LogP contribution in [0, 0.1) is 13.8 Å². The Bertz CT molecular complexity index is 1440. The summed E-state index contributed by atoms with van der Waals surface area (Å²) in [6, 6.07) is 19.5. The van der Waals surface area contributed by atoms with E-state index in [-0.39, 0.29) is 17.8 Å². The van der Waals surface area contributed by atoms with E-state index in [1.165, 1.54) is 5.56 Å². The van der Waals surface area contributed by atoms with Crippen molar-refractivity contribution < 1.29 is 32.6 Å². The summed E-state index contributed by atoms with van der Waals surface area (Å²) in [4.78, 5) is 25.7. The summed E-state index contributed by atoms with van der Waals surface area (Å²) in [7, 11) is -0.540. The van der Waals surface area contributed by atoms with Gasteiger partial charge in [-0.25, -0.2) is 0 Å². The van der Waals surface area contributed by atoms with Gasteiger partial charge in [0.05, 0.1) is 26.3 Å². The Hall–Kier alpha value is -3.47. The van der Waals surface area contributed by atoms with Crippen LogP contribution in [-0.2, 0) is 29.7 Å². The summed E-state index contributed by atoms with van der Waals surface area (Å²) in [5.41, 5.74) is 6.19. The van der Waals surface area contributed by atoms with Crippen LogP contribution in [-0.4, -0.2) is 74.6 Å². The molecule has 1 aliphatic rings. The number of hydrogen-bond acceptors (Lipinski definition) is 8. The Kier molecular flexibility index (Phi) is 11.3. The second-order valence-electron chi connectivity index (χ2n) is 12.8. The standard InChI is InChI=1S/C35H46BNO7S/c1-25-19-31(40-17-10-18-42-45(7,8)35(3,4)5)20-26(2)34(25)28-12-9-11-27(21-28)24-41-30-15-13-29(14-16-30)36-43-32(38)22-37(6)23-33(39)44-36/h9,11-16,19-21H,10,17-18,22-24H2,1-8H3. The van der Waals surface area contributed by atoms with Crippen LogP contribution in [0.2, 0.25) is 0 Å². The summed E-state index contributed by atoms with van der Waals surface area (Å²) in [5.74, 6) is 0.611. The third-order valence-electron chi connectivity index (χ3n) is 7.96. The van der Waals surface area contributed by atoms with Crippen LogP contribution in [0.25, 0.3) is 11.1 Å². The summed E-state index contributed by atoms with van der Waals surface area (Å²) in [6.45, 7) is 12.6. The zero-order valence-corrected chi connectivity index (χ0v) is 28.6. The first-order valence-corrected chi connectivity index (χ1v) is 17.6. The van der Waals surface area contributed by atoms with Crippen molar-refractivity contribution in [2.75, 3.05) is 45.9 Å². The monoisotopic (exact) mass is 635 g/mol. The molecule has 0 saturated carbocycles. The molecule has 8 nitrogen and oxygen atoms in total. The predicted molar refractivity (Wildman–Crippen MR) is 182 cm³/mol. The van der Waals surface area contributed by atoms with Crippen LogP contribution in [0.15, 0.2) is 60.7 Å². The van der Waals surface area contributed by atoms with E-state index in [0.717, 1.165) is 34.4 Å². The number of hydrogen-bond donors (Lipinski definition) is 0. The second kappa shape index (κ2) is 14.8. The van der Waals surface area contributed by atoms with Gasteiger partial charge in [0.15, 0.2) is 0 Å². The number of aryl methyl sites for hydroxylation is 2. The number of likely N-dealkylation sites (N-methyl/N-ethyl adjacent to an activating group) is 1. The van der Waals surface area contributed by atoms with E-state index in [0.29, 0.717) is 31.0 Å². The Morgan fingerprint density at radius 3 is 2.07 bits per heavy atom. The zero-order chi connectivity index (χ0) is 32.8.